The second kappa shape index (κ2) is 6.24. The molecule has 0 bridgehead atoms. The molecule has 0 radical (unpaired) electrons. The molecule has 1 heterocycles. The highest BCUT2D eigenvalue weighted by molar-refractivity contribution is 9.10. The molecular weight excluding hydrogens is 326 g/mol. The van der Waals surface area contributed by atoms with Crippen LogP contribution in [-0.2, 0) is 0 Å². The van der Waals surface area contributed by atoms with Gasteiger partial charge in [-0.1, -0.05) is 22.0 Å². The van der Waals surface area contributed by atoms with E-state index in [-0.39, 0.29) is 6.04 Å². The summed E-state index contributed by atoms with van der Waals surface area (Å²) < 4.78 is 1.11. The van der Waals surface area contributed by atoms with Gasteiger partial charge in [0.25, 0.3) is 0 Å². The molecule has 2 unspecified atom stereocenters. The molecule has 0 aliphatic heterocycles. The zero-order chi connectivity index (χ0) is 13.1. The Morgan fingerprint density at radius 1 is 1.33 bits per heavy atom. The molecule has 0 spiro atoms. The molecule has 0 fully saturated rings. The predicted octanol–water partition coefficient (Wildman–Crippen LogP) is 5.00. The van der Waals surface area contributed by atoms with Crippen LogP contribution in [0.3, 0.4) is 0 Å². The van der Waals surface area contributed by atoms with E-state index in [1.165, 1.54) is 15.3 Å². The van der Waals surface area contributed by atoms with E-state index >= 15 is 0 Å². The number of thioether (sulfide) groups is 1. The SMILES string of the molecule is Cc1ccsc1C(Sc1cccc(Br)c1)C(C)N. The lowest BCUT2D eigenvalue weighted by Gasteiger charge is -2.20. The van der Waals surface area contributed by atoms with E-state index in [2.05, 4.69) is 59.4 Å². The molecular formula is C14H16BrNS2. The Kier molecular flexibility index (Phi) is 4.90. The first kappa shape index (κ1) is 14.1. The molecule has 2 N–H and O–H groups in total. The van der Waals surface area contributed by atoms with Crippen molar-refractivity contribution in [3.8, 4) is 0 Å². The third kappa shape index (κ3) is 3.38. The lowest BCUT2D eigenvalue weighted by atomic mass is 10.1. The fourth-order valence-electron chi connectivity index (χ4n) is 1.76. The van der Waals surface area contributed by atoms with Gasteiger partial charge in [-0.3, -0.25) is 0 Å². The summed E-state index contributed by atoms with van der Waals surface area (Å²) in [6.07, 6.45) is 0. The average molecular weight is 342 g/mol. The Bertz CT molecular complexity index is 522. The Morgan fingerprint density at radius 2 is 2.11 bits per heavy atom. The number of benzene rings is 1. The van der Waals surface area contributed by atoms with Crippen LogP contribution in [0, 0.1) is 6.92 Å². The van der Waals surface area contributed by atoms with Gasteiger partial charge in [0, 0.05) is 20.3 Å². The number of rotatable bonds is 4. The summed E-state index contributed by atoms with van der Waals surface area (Å²) in [7, 11) is 0. The van der Waals surface area contributed by atoms with Gasteiger partial charge in [-0.05, 0) is 49.1 Å². The van der Waals surface area contributed by atoms with Crippen LogP contribution in [0.2, 0.25) is 0 Å². The van der Waals surface area contributed by atoms with E-state index in [1.807, 2.05) is 17.8 Å². The lowest BCUT2D eigenvalue weighted by Crippen LogP contribution is -2.22. The second-order valence-electron chi connectivity index (χ2n) is 4.32. The average Bonchev–Trinajstić information content (AvgIpc) is 2.72. The van der Waals surface area contributed by atoms with E-state index in [9.17, 15) is 0 Å². The van der Waals surface area contributed by atoms with Crippen molar-refractivity contribution in [2.75, 3.05) is 0 Å². The molecule has 0 aliphatic rings. The van der Waals surface area contributed by atoms with E-state index in [0.717, 1.165) is 4.47 Å². The quantitative estimate of drug-likeness (QED) is 0.792. The summed E-state index contributed by atoms with van der Waals surface area (Å²) >= 11 is 7.15. The first-order valence-electron chi connectivity index (χ1n) is 5.79. The molecule has 1 aromatic carbocycles. The molecule has 2 atom stereocenters. The maximum atomic E-state index is 6.16. The van der Waals surface area contributed by atoms with Gasteiger partial charge in [-0.2, -0.15) is 0 Å². The molecule has 2 aromatic rings. The van der Waals surface area contributed by atoms with Gasteiger partial charge in [-0.15, -0.1) is 23.1 Å². The van der Waals surface area contributed by atoms with Crippen LogP contribution in [0.1, 0.15) is 22.6 Å². The van der Waals surface area contributed by atoms with Crippen LogP contribution in [0.4, 0.5) is 0 Å². The third-order valence-corrected chi connectivity index (χ3v) is 5.89. The first-order chi connectivity index (χ1) is 8.58. The monoisotopic (exact) mass is 341 g/mol. The van der Waals surface area contributed by atoms with Gasteiger partial charge in [0.15, 0.2) is 0 Å². The largest absolute Gasteiger partial charge is 0.327 e. The Morgan fingerprint density at radius 3 is 2.67 bits per heavy atom. The van der Waals surface area contributed by atoms with Crippen molar-refractivity contribution < 1.29 is 0 Å². The molecule has 0 saturated heterocycles. The number of thiophene rings is 1. The number of aryl methyl sites for hydroxylation is 1. The van der Waals surface area contributed by atoms with Crippen molar-refractivity contribution in [3.05, 3.63) is 50.6 Å². The molecule has 96 valence electrons. The summed E-state index contributed by atoms with van der Waals surface area (Å²) in [6, 6.07) is 10.7. The molecule has 0 aliphatic carbocycles. The highest BCUT2D eigenvalue weighted by atomic mass is 79.9. The molecule has 0 amide bonds. The maximum absolute atomic E-state index is 6.16. The fraction of sp³-hybridized carbons (Fsp3) is 0.286. The second-order valence-corrected chi connectivity index (χ2v) is 7.40. The van der Waals surface area contributed by atoms with Crippen LogP contribution >= 0.6 is 39.0 Å². The highest BCUT2D eigenvalue weighted by Gasteiger charge is 2.20. The molecule has 2 rings (SSSR count). The Labute approximate surface area is 125 Å². The van der Waals surface area contributed by atoms with Gasteiger partial charge in [-0.25, -0.2) is 0 Å². The van der Waals surface area contributed by atoms with Crippen molar-refractivity contribution in [3.63, 3.8) is 0 Å². The summed E-state index contributed by atoms with van der Waals surface area (Å²) in [5.41, 5.74) is 7.49. The highest BCUT2D eigenvalue weighted by Crippen LogP contribution is 2.41. The van der Waals surface area contributed by atoms with Crippen molar-refractivity contribution >= 4 is 39.0 Å². The standard InChI is InChI=1S/C14H16BrNS2/c1-9-6-7-17-13(9)14(10(2)16)18-12-5-3-4-11(15)8-12/h3-8,10,14H,16H2,1-2H3. The van der Waals surface area contributed by atoms with Crippen molar-refractivity contribution in [1.29, 1.82) is 0 Å². The minimum atomic E-state index is 0.131. The van der Waals surface area contributed by atoms with Crippen molar-refractivity contribution in [1.82, 2.24) is 0 Å². The zero-order valence-electron chi connectivity index (χ0n) is 10.4. The summed E-state index contributed by atoms with van der Waals surface area (Å²) in [6.45, 7) is 4.23. The van der Waals surface area contributed by atoms with E-state index in [0.29, 0.717) is 5.25 Å². The van der Waals surface area contributed by atoms with Crippen LogP contribution in [0.5, 0.6) is 0 Å². The molecule has 4 heteroatoms. The molecule has 1 aromatic heterocycles. The van der Waals surface area contributed by atoms with Crippen LogP contribution < -0.4 is 5.73 Å². The fourth-order valence-corrected chi connectivity index (χ4v) is 4.80. The normalized spacial score (nSPS) is 14.4. The van der Waals surface area contributed by atoms with Gasteiger partial charge in [0.1, 0.15) is 0 Å². The smallest absolute Gasteiger partial charge is 0.0589 e. The molecule has 1 nitrogen and oxygen atoms in total. The Balaban J connectivity index is 2.25. The number of hydrogen-bond donors (Lipinski definition) is 1. The number of halogens is 1. The zero-order valence-corrected chi connectivity index (χ0v) is 13.6. The van der Waals surface area contributed by atoms with E-state index < -0.39 is 0 Å². The predicted molar refractivity (Wildman–Crippen MR) is 85.4 cm³/mol. The van der Waals surface area contributed by atoms with Crippen molar-refractivity contribution in [2.45, 2.75) is 30.0 Å². The molecule has 0 saturated carbocycles. The van der Waals surface area contributed by atoms with E-state index in [1.54, 1.807) is 11.3 Å². The summed E-state index contributed by atoms with van der Waals surface area (Å²) in [4.78, 5) is 2.63. The van der Waals surface area contributed by atoms with Gasteiger partial charge in [0.05, 0.1) is 5.25 Å². The number of hydrogen-bond acceptors (Lipinski definition) is 3. The minimum Gasteiger partial charge on any atom is -0.327 e. The maximum Gasteiger partial charge on any atom is 0.0589 e. The topological polar surface area (TPSA) is 26.0 Å². The van der Waals surface area contributed by atoms with Crippen LogP contribution in [0.15, 0.2) is 45.1 Å². The Hall–Kier alpha value is -0.290. The first-order valence-corrected chi connectivity index (χ1v) is 8.35. The van der Waals surface area contributed by atoms with Gasteiger partial charge >= 0.3 is 0 Å². The van der Waals surface area contributed by atoms with Gasteiger partial charge < -0.3 is 5.73 Å². The number of nitrogens with two attached hydrogens (primary N) is 1. The molecule has 18 heavy (non-hydrogen) atoms. The van der Waals surface area contributed by atoms with Crippen LogP contribution in [-0.4, -0.2) is 6.04 Å². The van der Waals surface area contributed by atoms with Crippen molar-refractivity contribution in [2.24, 2.45) is 5.73 Å². The third-order valence-electron chi connectivity index (χ3n) is 2.70. The van der Waals surface area contributed by atoms with Gasteiger partial charge in [0.2, 0.25) is 0 Å². The van der Waals surface area contributed by atoms with Crippen LogP contribution in [0.25, 0.3) is 0 Å². The van der Waals surface area contributed by atoms with E-state index in [4.69, 9.17) is 5.73 Å². The summed E-state index contributed by atoms with van der Waals surface area (Å²) in [5, 5.41) is 2.46. The lowest BCUT2D eigenvalue weighted by molar-refractivity contribution is 0.727. The minimum absolute atomic E-state index is 0.131. The summed E-state index contributed by atoms with van der Waals surface area (Å²) in [5.74, 6) is 0.